The van der Waals surface area contributed by atoms with Crippen LogP contribution in [0.15, 0.2) is 82.8 Å². The maximum atomic E-state index is 13.5. The Labute approximate surface area is 228 Å². The number of carbonyl (C=O) groups excluding carboxylic acids is 1. The fourth-order valence-corrected chi connectivity index (χ4v) is 5.63. The third-order valence-electron chi connectivity index (χ3n) is 5.93. The van der Waals surface area contributed by atoms with E-state index in [0.717, 1.165) is 16.4 Å². The predicted molar refractivity (Wildman–Crippen MR) is 146 cm³/mol. The number of sulfonamides is 1. The number of morpholine rings is 1. The molecule has 1 N–H and O–H groups in total. The number of hydrogen-bond acceptors (Lipinski definition) is 10. The van der Waals surface area contributed by atoms with Gasteiger partial charge >= 0.3 is 0 Å². The maximum Gasteiger partial charge on any atom is 0.289 e. The van der Waals surface area contributed by atoms with Crippen molar-refractivity contribution in [1.82, 2.24) is 5.43 Å². The molecule has 1 saturated heterocycles. The number of carbonyl (C=O) groups is 1. The van der Waals surface area contributed by atoms with Crippen molar-refractivity contribution in [3.05, 3.63) is 98.6 Å². The summed E-state index contributed by atoms with van der Waals surface area (Å²) in [6.45, 7) is 1.32. The van der Waals surface area contributed by atoms with Gasteiger partial charge < -0.3 is 9.64 Å². The van der Waals surface area contributed by atoms with E-state index in [1.54, 1.807) is 24.3 Å². The first-order chi connectivity index (χ1) is 19.2. The maximum absolute atomic E-state index is 13.5. The van der Waals surface area contributed by atoms with Crippen molar-refractivity contribution >= 4 is 44.9 Å². The van der Waals surface area contributed by atoms with Crippen molar-refractivity contribution in [2.45, 2.75) is 4.90 Å². The number of nitrogens with zero attached hydrogens (tertiary/aromatic N) is 5. The fourth-order valence-electron chi connectivity index (χ4n) is 4.04. The van der Waals surface area contributed by atoms with Gasteiger partial charge in [-0.15, -0.1) is 0 Å². The number of rotatable bonds is 10. The molecule has 0 bridgehead atoms. The topological polar surface area (TPSA) is 178 Å². The molecule has 0 radical (unpaired) electrons. The zero-order valence-electron chi connectivity index (χ0n) is 21.0. The monoisotopic (exact) mass is 568 g/mol. The number of nitrogens with one attached hydrogen (secondary N) is 1. The Balaban J connectivity index is 1.60. The van der Waals surface area contributed by atoms with Crippen molar-refractivity contribution in [2.24, 2.45) is 5.10 Å². The Kier molecular flexibility index (Phi) is 8.66. The van der Waals surface area contributed by atoms with E-state index in [1.807, 2.05) is 4.90 Å². The highest BCUT2D eigenvalue weighted by atomic mass is 32.2. The summed E-state index contributed by atoms with van der Waals surface area (Å²) >= 11 is 0. The molecule has 1 fully saturated rings. The molecule has 0 unspecified atom stereocenters. The van der Waals surface area contributed by atoms with Crippen LogP contribution >= 0.6 is 0 Å². The highest BCUT2D eigenvalue weighted by molar-refractivity contribution is 7.93. The molecule has 14 nitrogen and oxygen atoms in total. The average Bonchev–Trinajstić information content (AvgIpc) is 2.96. The Morgan fingerprint density at radius 3 is 2.35 bits per heavy atom. The summed E-state index contributed by atoms with van der Waals surface area (Å²) in [6, 6.07) is 16.8. The summed E-state index contributed by atoms with van der Waals surface area (Å²) in [5, 5.41) is 26.7. The first-order valence-corrected chi connectivity index (χ1v) is 13.4. The molecule has 3 aromatic rings. The van der Waals surface area contributed by atoms with E-state index < -0.39 is 42.9 Å². The van der Waals surface area contributed by atoms with Crippen LogP contribution in [-0.2, 0) is 19.6 Å². The molecule has 3 aromatic carbocycles. The molecule has 1 heterocycles. The van der Waals surface area contributed by atoms with E-state index >= 15 is 0 Å². The highest BCUT2D eigenvalue weighted by Gasteiger charge is 2.33. The van der Waals surface area contributed by atoms with Gasteiger partial charge in [0.15, 0.2) is 4.90 Å². The third-order valence-corrected chi connectivity index (χ3v) is 7.75. The van der Waals surface area contributed by atoms with Gasteiger partial charge in [0.25, 0.3) is 27.3 Å². The molecule has 40 heavy (non-hydrogen) atoms. The molecule has 1 aliphatic heterocycles. The SMILES string of the molecule is O=C(CN(c1ccccc1)S(=O)(=O)c1ccccc1[N+](=O)[O-])N/N=C\c1cc([N+](=O)[O-])ccc1N1CCOCC1. The summed E-state index contributed by atoms with van der Waals surface area (Å²) in [5.41, 5.74) is 2.56. The molecule has 0 spiro atoms. The van der Waals surface area contributed by atoms with Crippen molar-refractivity contribution in [2.75, 3.05) is 42.1 Å². The van der Waals surface area contributed by atoms with Gasteiger partial charge in [0.1, 0.15) is 6.54 Å². The van der Waals surface area contributed by atoms with Crippen molar-refractivity contribution in [3.8, 4) is 0 Å². The Hall–Kier alpha value is -4.89. The summed E-state index contributed by atoms with van der Waals surface area (Å²) in [4.78, 5) is 35.7. The molecule has 15 heteroatoms. The number of hydrazone groups is 1. The highest BCUT2D eigenvalue weighted by Crippen LogP contribution is 2.30. The number of nitro benzene ring substituents is 2. The zero-order chi connectivity index (χ0) is 28.7. The number of amides is 1. The Morgan fingerprint density at radius 1 is 1.00 bits per heavy atom. The van der Waals surface area contributed by atoms with Crippen LogP contribution in [0.5, 0.6) is 0 Å². The first-order valence-electron chi connectivity index (χ1n) is 11.9. The van der Waals surface area contributed by atoms with Crippen molar-refractivity contribution in [1.29, 1.82) is 0 Å². The normalized spacial score (nSPS) is 13.7. The molecule has 0 saturated carbocycles. The van der Waals surface area contributed by atoms with Gasteiger partial charge in [-0.2, -0.15) is 5.10 Å². The van der Waals surface area contributed by atoms with Crippen LogP contribution in [0.1, 0.15) is 5.56 Å². The van der Waals surface area contributed by atoms with Gasteiger partial charge in [0, 0.05) is 42.5 Å². The van der Waals surface area contributed by atoms with Crippen LogP contribution in [0, 0.1) is 20.2 Å². The standard InChI is InChI=1S/C25H24N6O8S/c32-25(27-26-17-19-16-21(30(33)34)10-11-22(19)28-12-14-39-15-13-28)18-29(20-6-2-1-3-7-20)40(37,38)24-9-5-4-8-23(24)31(35)36/h1-11,16-17H,12-15,18H2,(H,27,32)/b26-17-. The zero-order valence-corrected chi connectivity index (χ0v) is 21.8. The molecule has 0 aromatic heterocycles. The lowest BCUT2D eigenvalue weighted by atomic mass is 10.1. The number of anilines is 2. The summed E-state index contributed by atoms with van der Waals surface area (Å²) < 4.78 is 33.2. The van der Waals surface area contributed by atoms with Gasteiger partial charge in [0.05, 0.1) is 35.0 Å². The lowest BCUT2D eigenvalue weighted by molar-refractivity contribution is -0.387. The lowest BCUT2D eigenvalue weighted by Crippen LogP contribution is -2.39. The van der Waals surface area contributed by atoms with Crippen molar-refractivity contribution < 1.29 is 27.8 Å². The minimum Gasteiger partial charge on any atom is -0.378 e. The van der Waals surface area contributed by atoms with Crippen LogP contribution in [0.25, 0.3) is 0 Å². The molecule has 0 aliphatic carbocycles. The van der Waals surface area contributed by atoms with Crippen LogP contribution in [0.3, 0.4) is 0 Å². The minimum absolute atomic E-state index is 0.105. The van der Waals surface area contributed by atoms with Gasteiger partial charge in [-0.1, -0.05) is 30.3 Å². The second-order valence-electron chi connectivity index (χ2n) is 8.46. The summed E-state index contributed by atoms with van der Waals surface area (Å²) in [6.07, 6.45) is 1.24. The third kappa shape index (κ3) is 6.39. The average molecular weight is 569 g/mol. The number of hydrogen-bond donors (Lipinski definition) is 1. The summed E-state index contributed by atoms with van der Waals surface area (Å²) in [5.74, 6) is -0.847. The van der Waals surface area contributed by atoms with Crippen LogP contribution in [-0.4, -0.2) is 63.2 Å². The number of ether oxygens (including phenoxy) is 1. The Morgan fingerprint density at radius 2 is 1.68 bits per heavy atom. The quantitative estimate of drug-likeness (QED) is 0.219. The lowest BCUT2D eigenvalue weighted by Gasteiger charge is -2.29. The predicted octanol–water partition coefficient (Wildman–Crippen LogP) is 2.69. The molecular formula is C25H24N6O8S. The van der Waals surface area contributed by atoms with E-state index in [-0.39, 0.29) is 11.4 Å². The molecular weight excluding hydrogens is 544 g/mol. The largest absolute Gasteiger partial charge is 0.378 e. The van der Waals surface area contributed by atoms with E-state index in [9.17, 15) is 33.4 Å². The van der Waals surface area contributed by atoms with Crippen LogP contribution < -0.4 is 14.6 Å². The van der Waals surface area contributed by atoms with Gasteiger partial charge in [0.2, 0.25) is 0 Å². The van der Waals surface area contributed by atoms with Crippen LogP contribution in [0.4, 0.5) is 22.7 Å². The second kappa shape index (κ2) is 12.3. The second-order valence-corrected chi connectivity index (χ2v) is 10.3. The fraction of sp³-hybridized carbons (Fsp3) is 0.200. The summed E-state index contributed by atoms with van der Waals surface area (Å²) in [7, 11) is -4.55. The minimum atomic E-state index is -4.55. The number of non-ortho nitro benzene ring substituents is 1. The molecule has 1 amide bonds. The number of para-hydroxylation sites is 2. The van der Waals surface area contributed by atoms with E-state index in [0.29, 0.717) is 37.6 Å². The number of benzene rings is 3. The Bertz CT molecular complexity index is 1540. The van der Waals surface area contributed by atoms with E-state index in [4.69, 9.17) is 4.74 Å². The van der Waals surface area contributed by atoms with Gasteiger partial charge in [-0.3, -0.25) is 29.3 Å². The van der Waals surface area contributed by atoms with E-state index in [2.05, 4.69) is 10.5 Å². The van der Waals surface area contributed by atoms with Gasteiger partial charge in [-0.25, -0.2) is 13.8 Å². The molecule has 4 rings (SSSR count). The van der Waals surface area contributed by atoms with Crippen molar-refractivity contribution in [3.63, 3.8) is 0 Å². The first kappa shape index (κ1) is 28.1. The molecule has 0 atom stereocenters. The molecule has 208 valence electrons. The smallest absolute Gasteiger partial charge is 0.289 e. The molecule has 1 aliphatic rings. The van der Waals surface area contributed by atoms with Crippen LogP contribution in [0.2, 0.25) is 0 Å². The van der Waals surface area contributed by atoms with Gasteiger partial charge in [-0.05, 0) is 24.3 Å². The number of nitro groups is 2. The van der Waals surface area contributed by atoms with E-state index in [1.165, 1.54) is 42.6 Å².